The first-order chi connectivity index (χ1) is 9.19. The second-order valence-corrected chi connectivity index (χ2v) is 5.68. The molecule has 1 aliphatic rings. The van der Waals surface area contributed by atoms with Crippen molar-refractivity contribution >= 4 is 0 Å². The lowest BCUT2D eigenvalue weighted by molar-refractivity contribution is 0.0588. The number of aromatic nitrogens is 2. The number of hydrogen-bond acceptors (Lipinski definition) is 3. The van der Waals surface area contributed by atoms with Crippen molar-refractivity contribution in [1.82, 2.24) is 15.1 Å². The van der Waals surface area contributed by atoms with Crippen molar-refractivity contribution < 1.29 is 4.74 Å². The number of methoxy groups -OCH3 is 1. The average molecular weight is 265 g/mol. The van der Waals surface area contributed by atoms with Gasteiger partial charge < -0.3 is 10.1 Å². The summed E-state index contributed by atoms with van der Waals surface area (Å²) in [6.07, 6.45) is 6.56. The number of aryl methyl sites for hydroxylation is 3. The van der Waals surface area contributed by atoms with Gasteiger partial charge in [-0.1, -0.05) is 0 Å². The summed E-state index contributed by atoms with van der Waals surface area (Å²) in [5.74, 6) is 0. The van der Waals surface area contributed by atoms with E-state index in [1.165, 1.54) is 25.0 Å². The normalized spacial score (nSPS) is 23.7. The van der Waals surface area contributed by atoms with Crippen molar-refractivity contribution in [3.05, 3.63) is 17.5 Å². The molecule has 1 aromatic heterocycles. The highest BCUT2D eigenvalue weighted by atomic mass is 16.5. The van der Waals surface area contributed by atoms with Crippen LogP contribution in [-0.4, -0.2) is 35.6 Å². The highest BCUT2D eigenvalue weighted by molar-refractivity contribution is 5.06. The summed E-state index contributed by atoms with van der Waals surface area (Å²) in [6.45, 7) is 6.25. The molecule has 4 heteroatoms. The quantitative estimate of drug-likeness (QED) is 0.803. The van der Waals surface area contributed by atoms with E-state index in [-0.39, 0.29) is 0 Å². The highest BCUT2D eigenvalue weighted by Crippen LogP contribution is 2.20. The van der Waals surface area contributed by atoms with Crippen molar-refractivity contribution in [2.24, 2.45) is 0 Å². The Hall–Kier alpha value is -0.870. The first-order valence-electron chi connectivity index (χ1n) is 7.46. The van der Waals surface area contributed by atoms with E-state index in [0.717, 1.165) is 31.6 Å². The van der Waals surface area contributed by atoms with Gasteiger partial charge in [0.25, 0.3) is 0 Å². The van der Waals surface area contributed by atoms with Gasteiger partial charge in [0, 0.05) is 25.4 Å². The second-order valence-electron chi connectivity index (χ2n) is 5.68. The molecule has 0 amide bonds. The maximum absolute atomic E-state index is 5.46. The summed E-state index contributed by atoms with van der Waals surface area (Å²) in [6, 6.07) is 2.77. The van der Waals surface area contributed by atoms with E-state index < -0.39 is 0 Å². The number of ether oxygens (including phenoxy) is 1. The second kappa shape index (κ2) is 7.06. The number of rotatable bonds is 6. The molecule has 1 N–H and O–H groups in total. The predicted molar refractivity (Wildman–Crippen MR) is 77.4 cm³/mol. The fourth-order valence-corrected chi connectivity index (χ4v) is 2.98. The standard InChI is InChI=1S/C15H27N3O/c1-12-10-13(2)18(17-12)9-5-8-16-14-6-4-7-15(11-14)19-3/h10,14-16H,4-9,11H2,1-3H3. The van der Waals surface area contributed by atoms with Crippen LogP contribution in [0.1, 0.15) is 43.5 Å². The monoisotopic (exact) mass is 265 g/mol. The number of nitrogens with one attached hydrogen (secondary N) is 1. The van der Waals surface area contributed by atoms with Crippen molar-refractivity contribution in [3.8, 4) is 0 Å². The first kappa shape index (κ1) is 14.5. The maximum Gasteiger partial charge on any atom is 0.0596 e. The molecule has 2 atom stereocenters. The summed E-state index contributed by atoms with van der Waals surface area (Å²) in [5, 5.41) is 8.15. The number of hydrogen-bond donors (Lipinski definition) is 1. The highest BCUT2D eigenvalue weighted by Gasteiger charge is 2.20. The van der Waals surface area contributed by atoms with Crippen LogP contribution in [0, 0.1) is 13.8 Å². The van der Waals surface area contributed by atoms with Crippen molar-refractivity contribution in [2.45, 2.75) is 64.6 Å². The Morgan fingerprint density at radius 3 is 2.95 bits per heavy atom. The smallest absolute Gasteiger partial charge is 0.0596 e. The third-order valence-corrected chi connectivity index (χ3v) is 4.04. The van der Waals surface area contributed by atoms with Gasteiger partial charge >= 0.3 is 0 Å². The molecule has 1 saturated carbocycles. The summed E-state index contributed by atoms with van der Waals surface area (Å²) in [5.41, 5.74) is 2.37. The number of nitrogens with zero attached hydrogens (tertiary/aromatic N) is 2. The minimum atomic E-state index is 0.460. The molecule has 0 aromatic carbocycles. The first-order valence-corrected chi connectivity index (χ1v) is 7.46. The van der Waals surface area contributed by atoms with E-state index in [1.54, 1.807) is 0 Å². The molecule has 19 heavy (non-hydrogen) atoms. The van der Waals surface area contributed by atoms with Gasteiger partial charge in [-0.15, -0.1) is 0 Å². The average Bonchev–Trinajstić information content (AvgIpc) is 2.73. The van der Waals surface area contributed by atoms with Crippen molar-refractivity contribution in [3.63, 3.8) is 0 Å². The van der Waals surface area contributed by atoms with Crippen LogP contribution in [-0.2, 0) is 11.3 Å². The summed E-state index contributed by atoms with van der Waals surface area (Å²) in [7, 11) is 1.83. The van der Waals surface area contributed by atoms with E-state index >= 15 is 0 Å². The van der Waals surface area contributed by atoms with Crippen LogP contribution in [0.15, 0.2) is 6.07 Å². The minimum Gasteiger partial charge on any atom is -0.381 e. The van der Waals surface area contributed by atoms with E-state index in [1.807, 2.05) is 7.11 Å². The maximum atomic E-state index is 5.46. The molecule has 1 aromatic rings. The summed E-state index contributed by atoms with van der Waals surface area (Å²) >= 11 is 0. The van der Waals surface area contributed by atoms with Crippen LogP contribution in [0.4, 0.5) is 0 Å². The largest absolute Gasteiger partial charge is 0.381 e. The zero-order chi connectivity index (χ0) is 13.7. The Labute approximate surface area is 116 Å². The zero-order valence-electron chi connectivity index (χ0n) is 12.5. The molecule has 1 aliphatic carbocycles. The SMILES string of the molecule is COC1CCCC(NCCCn2nc(C)cc2C)C1. The van der Waals surface area contributed by atoms with Crippen LogP contribution in [0.2, 0.25) is 0 Å². The van der Waals surface area contributed by atoms with Gasteiger partial charge in [-0.2, -0.15) is 5.10 Å². The van der Waals surface area contributed by atoms with Crippen molar-refractivity contribution in [1.29, 1.82) is 0 Å². The lowest BCUT2D eigenvalue weighted by Gasteiger charge is -2.29. The van der Waals surface area contributed by atoms with Crippen LogP contribution < -0.4 is 5.32 Å². The molecule has 0 saturated heterocycles. The third kappa shape index (κ3) is 4.32. The summed E-state index contributed by atoms with van der Waals surface area (Å²) < 4.78 is 7.57. The molecule has 0 radical (unpaired) electrons. The van der Waals surface area contributed by atoms with Gasteiger partial charge in [-0.25, -0.2) is 0 Å². The lowest BCUT2D eigenvalue weighted by Crippen LogP contribution is -2.37. The van der Waals surface area contributed by atoms with Crippen LogP contribution in [0.3, 0.4) is 0 Å². The Balaban J connectivity index is 1.65. The lowest BCUT2D eigenvalue weighted by atomic mass is 9.93. The molecule has 2 unspecified atom stereocenters. The van der Waals surface area contributed by atoms with E-state index in [0.29, 0.717) is 12.1 Å². The van der Waals surface area contributed by atoms with Crippen LogP contribution >= 0.6 is 0 Å². The molecule has 0 spiro atoms. The van der Waals surface area contributed by atoms with E-state index in [2.05, 4.69) is 35.0 Å². The van der Waals surface area contributed by atoms with Gasteiger partial charge in [0.2, 0.25) is 0 Å². The molecule has 1 heterocycles. The van der Waals surface area contributed by atoms with Gasteiger partial charge in [-0.3, -0.25) is 4.68 Å². The Bertz CT molecular complexity index is 389. The molecule has 108 valence electrons. The predicted octanol–water partition coefficient (Wildman–Crippen LogP) is 2.44. The van der Waals surface area contributed by atoms with E-state index in [9.17, 15) is 0 Å². The van der Waals surface area contributed by atoms with Gasteiger partial charge in [0.15, 0.2) is 0 Å². The van der Waals surface area contributed by atoms with Crippen LogP contribution in [0.25, 0.3) is 0 Å². The molecule has 0 bridgehead atoms. The molecular formula is C15H27N3O. The summed E-state index contributed by atoms with van der Waals surface area (Å²) in [4.78, 5) is 0. The fraction of sp³-hybridized carbons (Fsp3) is 0.800. The van der Waals surface area contributed by atoms with Crippen LogP contribution in [0.5, 0.6) is 0 Å². The van der Waals surface area contributed by atoms with Gasteiger partial charge in [0.1, 0.15) is 0 Å². The molecular weight excluding hydrogens is 238 g/mol. The zero-order valence-corrected chi connectivity index (χ0v) is 12.5. The minimum absolute atomic E-state index is 0.460. The molecule has 2 rings (SSSR count). The Morgan fingerprint density at radius 1 is 1.42 bits per heavy atom. The third-order valence-electron chi connectivity index (χ3n) is 4.04. The molecule has 0 aliphatic heterocycles. The molecule has 1 fully saturated rings. The van der Waals surface area contributed by atoms with Crippen molar-refractivity contribution in [2.75, 3.05) is 13.7 Å². The Morgan fingerprint density at radius 2 is 2.26 bits per heavy atom. The topological polar surface area (TPSA) is 39.1 Å². The van der Waals surface area contributed by atoms with E-state index in [4.69, 9.17) is 4.74 Å². The Kier molecular flexibility index (Phi) is 5.40. The molecule has 4 nitrogen and oxygen atoms in total. The van der Waals surface area contributed by atoms with Gasteiger partial charge in [0.05, 0.1) is 11.8 Å². The van der Waals surface area contributed by atoms with Gasteiger partial charge in [-0.05, 0) is 58.6 Å². The fourth-order valence-electron chi connectivity index (χ4n) is 2.98.